The fraction of sp³-hybridized carbons (Fsp3) is 0.304. The van der Waals surface area contributed by atoms with Gasteiger partial charge in [0, 0.05) is 29.9 Å². The van der Waals surface area contributed by atoms with Gasteiger partial charge in [-0.05, 0) is 49.1 Å². The van der Waals surface area contributed by atoms with E-state index in [-0.39, 0.29) is 34.5 Å². The number of carbonyl (C=O) groups is 1. The molecular formula is C23H22BrF5N4O4. The summed E-state index contributed by atoms with van der Waals surface area (Å²) in [7, 11) is 3.90. The molecule has 2 aromatic heterocycles. The van der Waals surface area contributed by atoms with E-state index in [0.717, 1.165) is 17.8 Å². The van der Waals surface area contributed by atoms with Crippen molar-refractivity contribution in [2.45, 2.75) is 32.8 Å². The lowest BCUT2D eigenvalue weighted by Crippen LogP contribution is -2.24. The maximum atomic E-state index is 13.8. The Bertz CT molecular complexity index is 1300. The highest BCUT2D eigenvalue weighted by Crippen LogP contribution is 2.24. The van der Waals surface area contributed by atoms with Gasteiger partial charge in [0.2, 0.25) is 0 Å². The van der Waals surface area contributed by atoms with Crippen LogP contribution in [0.25, 0.3) is 0 Å². The highest BCUT2D eigenvalue weighted by atomic mass is 79.9. The largest absolute Gasteiger partial charge is 0.490 e. The number of halogens is 6. The standard InChI is InChI=1S/C21H21BrF2N4O2.C2HF3O2/c1-13-6-19(30-12-14-4-5-15(23)7-18(14)24)20(22)21(29)28(13)11-17-9-25-16(8-26-17)10-27(2)3;3-2(4,5)1(6)7/h4-9H,10-12H2,1-3H3;(H,6,7). The number of carboxylic acid groups (broad SMARTS) is 1. The third-order valence-electron chi connectivity index (χ3n) is 4.61. The molecule has 0 saturated heterocycles. The van der Waals surface area contributed by atoms with Crippen LogP contribution in [0.15, 0.2) is 45.9 Å². The monoisotopic (exact) mass is 592 g/mol. The van der Waals surface area contributed by atoms with E-state index >= 15 is 0 Å². The average Bonchev–Trinajstić information content (AvgIpc) is 2.79. The number of nitrogens with zero attached hydrogens (tertiary/aromatic N) is 4. The molecule has 0 aliphatic rings. The maximum Gasteiger partial charge on any atom is 0.490 e. The number of aryl methyl sites for hydroxylation is 1. The molecule has 0 amide bonds. The van der Waals surface area contributed by atoms with Gasteiger partial charge in [0.25, 0.3) is 5.56 Å². The lowest BCUT2D eigenvalue weighted by atomic mass is 10.2. The third-order valence-corrected chi connectivity index (χ3v) is 5.34. The second-order valence-electron chi connectivity index (χ2n) is 7.92. The van der Waals surface area contributed by atoms with Crippen LogP contribution < -0.4 is 10.3 Å². The molecule has 14 heteroatoms. The minimum absolute atomic E-state index is 0.133. The number of carboxylic acids is 1. The van der Waals surface area contributed by atoms with Crippen molar-refractivity contribution in [3.8, 4) is 5.75 Å². The Kier molecular flexibility index (Phi) is 10.3. The van der Waals surface area contributed by atoms with Gasteiger partial charge in [-0.25, -0.2) is 13.6 Å². The fourth-order valence-corrected chi connectivity index (χ4v) is 3.28. The Morgan fingerprint density at radius 3 is 2.24 bits per heavy atom. The van der Waals surface area contributed by atoms with Gasteiger partial charge in [-0.1, -0.05) is 0 Å². The molecule has 0 aliphatic heterocycles. The summed E-state index contributed by atoms with van der Waals surface area (Å²) in [5, 5.41) is 7.12. The molecule has 1 N–H and O–H groups in total. The van der Waals surface area contributed by atoms with Crippen LogP contribution in [0, 0.1) is 18.6 Å². The van der Waals surface area contributed by atoms with E-state index in [2.05, 4.69) is 25.9 Å². The summed E-state index contributed by atoms with van der Waals surface area (Å²) in [5.74, 6) is -3.83. The summed E-state index contributed by atoms with van der Waals surface area (Å²) in [6.45, 7) is 2.57. The molecule has 2 heterocycles. The Labute approximate surface area is 216 Å². The van der Waals surface area contributed by atoms with E-state index < -0.39 is 23.8 Å². The number of hydrogen-bond donors (Lipinski definition) is 1. The van der Waals surface area contributed by atoms with Gasteiger partial charge in [-0.15, -0.1) is 0 Å². The highest BCUT2D eigenvalue weighted by Gasteiger charge is 2.38. The molecule has 0 aliphatic carbocycles. The zero-order valence-electron chi connectivity index (χ0n) is 19.8. The Balaban J connectivity index is 0.000000604. The maximum absolute atomic E-state index is 13.8. The van der Waals surface area contributed by atoms with Crippen LogP contribution in [0.1, 0.15) is 22.6 Å². The second-order valence-corrected chi connectivity index (χ2v) is 8.71. The molecule has 0 atom stereocenters. The van der Waals surface area contributed by atoms with Crippen molar-refractivity contribution in [3.05, 3.63) is 85.8 Å². The first kappa shape index (κ1) is 29.8. The molecule has 0 unspecified atom stereocenters. The molecule has 0 bridgehead atoms. The van der Waals surface area contributed by atoms with E-state index in [4.69, 9.17) is 14.6 Å². The summed E-state index contributed by atoms with van der Waals surface area (Å²) in [6, 6.07) is 4.94. The molecule has 0 spiro atoms. The number of hydrogen-bond acceptors (Lipinski definition) is 6. The van der Waals surface area contributed by atoms with Crippen LogP contribution in [0.3, 0.4) is 0 Å². The fourth-order valence-electron chi connectivity index (χ4n) is 2.84. The molecule has 0 radical (unpaired) electrons. The number of benzene rings is 1. The van der Waals surface area contributed by atoms with Gasteiger partial charge in [-0.2, -0.15) is 13.2 Å². The van der Waals surface area contributed by atoms with Crippen molar-refractivity contribution in [3.63, 3.8) is 0 Å². The van der Waals surface area contributed by atoms with Gasteiger partial charge >= 0.3 is 12.1 Å². The average molecular weight is 593 g/mol. The predicted molar refractivity (Wildman–Crippen MR) is 126 cm³/mol. The quantitative estimate of drug-likeness (QED) is 0.408. The van der Waals surface area contributed by atoms with Crippen molar-refractivity contribution in [1.82, 2.24) is 19.4 Å². The van der Waals surface area contributed by atoms with E-state index in [1.165, 1.54) is 6.07 Å². The van der Waals surface area contributed by atoms with Crippen LogP contribution in [-0.2, 0) is 24.5 Å². The number of aliphatic carboxylic acids is 1. The molecule has 3 aromatic rings. The second kappa shape index (κ2) is 12.7. The topological polar surface area (TPSA) is 97.6 Å². The van der Waals surface area contributed by atoms with Crippen LogP contribution >= 0.6 is 15.9 Å². The molecule has 8 nitrogen and oxygen atoms in total. The van der Waals surface area contributed by atoms with Crippen molar-refractivity contribution in [2.24, 2.45) is 0 Å². The predicted octanol–water partition coefficient (Wildman–Crippen LogP) is 4.31. The summed E-state index contributed by atoms with van der Waals surface area (Å²) in [6.07, 6.45) is -1.74. The molecule has 37 heavy (non-hydrogen) atoms. The summed E-state index contributed by atoms with van der Waals surface area (Å²) in [4.78, 5) is 32.5. The number of alkyl halides is 3. The lowest BCUT2D eigenvalue weighted by Gasteiger charge is -2.15. The zero-order chi connectivity index (χ0) is 27.9. The van der Waals surface area contributed by atoms with E-state index in [9.17, 15) is 26.7 Å². The van der Waals surface area contributed by atoms with E-state index in [1.54, 1.807) is 30.0 Å². The molecule has 200 valence electrons. The van der Waals surface area contributed by atoms with Crippen LogP contribution in [0.5, 0.6) is 5.75 Å². The molecule has 0 saturated carbocycles. The highest BCUT2D eigenvalue weighted by molar-refractivity contribution is 9.10. The number of ether oxygens (including phenoxy) is 1. The third kappa shape index (κ3) is 8.89. The number of rotatable bonds is 7. The van der Waals surface area contributed by atoms with Crippen molar-refractivity contribution >= 4 is 21.9 Å². The summed E-state index contributed by atoms with van der Waals surface area (Å²) in [5.41, 5.74) is 2.03. The first-order chi connectivity index (χ1) is 17.2. The SMILES string of the molecule is Cc1cc(OCc2ccc(F)cc2F)c(Br)c(=O)n1Cc1cnc(CN(C)C)cn1.O=C(O)C(F)(F)F. The molecule has 1 aromatic carbocycles. The van der Waals surface area contributed by atoms with Crippen LogP contribution in [-0.4, -0.2) is 50.8 Å². The van der Waals surface area contributed by atoms with Crippen molar-refractivity contribution in [1.29, 1.82) is 0 Å². The zero-order valence-corrected chi connectivity index (χ0v) is 21.4. The van der Waals surface area contributed by atoms with E-state index in [1.807, 2.05) is 19.0 Å². The van der Waals surface area contributed by atoms with Crippen molar-refractivity contribution < 1.29 is 36.6 Å². The van der Waals surface area contributed by atoms with E-state index in [0.29, 0.717) is 17.9 Å². The van der Waals surface area contributed by atoms with Crippen molar-refractivity contribution in [2.75, 3.05) is 14.1 Å². The van der Waals surface area contributed by atoms with Gasteiger partial charge in [-0.3, -0.25) is 14.8 Å². The lowest BCUT2D eigenvalue weighted by molar-refractivity contribution is -0.192. The Hall–Kier alpha value is -3.39. The van der Waals surface area contributed by atoms with Gasteiger partial charge < -0.3 is 19.3 Å². The van der Waals surface area contributed by atoms with Gasteiger partial charge in [0.05, 0.1) is 30.3 Å². The summed E-state index contributed by atoms with van der Waals surface area (Å²) >= 11 is 3.27. The minimum Gasteiger partial charge on any atom is -0.487 e. The van der Waals surface area contributed by atoms with Crippen LogP contribution in [0.4, 0.5) is 22.0 Å². The minimum atomic E-state index is -5.08. The number of aromatic nitrogens is 3. The summed E-state index contributed by atoms with van der Waals surface area (Å²) < 4.78 is 65.9. The Morgan fingerprint density at radius 1 is 1.14 bits per heavy atom. The van der Waals surface area contributed by atoms with Gasteiger partial charge in [0.1, 0.15) is 28.5 Å². The molecule has 0 fully saturated rings. The smallest absolute Gasteiger partial charge is 0.487 e. The van der Waals surface area contributed by atoms with Gasteiger partial charge in [0.15, 0.2) is 0 Å². The molecular weight excluding hydrogens is 571 g/mol. The molecule has 3 rings (SSSR count). The first-order valence-electron chi connectivity index (χ1n) is 10.4. The first-order valence-corrected chi connectivity index (χ1v) is 11.2. The van der Waals surface area contributed by atoms with Crippen LogP contribution in [0.2, 0.25) is 0 Å². The normalized spacial score (nSPS) is 11.2. The Morgan fingerprint density at radius 2 is 1.73 bits per heavy atom. The number of pyridine rings is 1.